The first-order chi connectivity index (χ1) is 6.98. The van der Waals surface area contributed by atoms with E-state index >= 15 is 0 Å². The Morgan fingerprint density at radius 3 is 2.60 bits per heavy atom. The average molecular weight is 241 g/mol. The Hall–Kier alpha value is -1.24. The van der Waals surface area contributed by atoms with Crippen molar-refractivity contribution in [2.24, 2.45) is 0 Å². The normalized spacial score (nSPS) is 11.8. The van der Waals surface area contributed by atoms with Crippen LogP contribution in [0.2, 0.25) is 0 Å². The molecule has 0 unspecified atom stereocenters. The van der Waals surface area contributed by atoms with E-state index in [9.17, 15) is 8.42 Å². The second-order valence-electron chi connectivity index (χ2n) is 3.02. The number of aromatic nitrogens is 1. The van der Waals surface area contributed by atoms with E-state index in [2.05, 4.69) is 4.98 Å². The largest absolute Gasteiger partial charge is 0.346 e. The Kier molecular flexibility index (Phi) is 2.34. The van der Waals surface area contributed by atoms with Gasteiger partial charge in [-0.15, -0.1) is 0 Å². The third-order valence-corrected chi connectivity index (χ3v) is 3.15. The molecule has 0 radical (unpaired) electrons. The van der Waals surface area contributed by atoms with Crippen LogP contribution in [0.4, 0.5) is 0 Å². The van der Waals surface area contributed by atoms with Gasteiger partial charge in [-0.1, -0.05) is 18.3 Å². The van der Waals surface area contributed by atoms with Gasteiger partial charge in [0.2, 0.25) is 0 Å². The van der Waals surface area contributed by atoms with Crippen molar-refractivity contribution in [3.8, 4) is 0 Å². The second-order valence-corrected chi connectivity index (χ2v) is 4.84. The lowest BCUT2D eigenvalue weighted by molar-refractivity contribution is 0.484. The summed E-state index contributed by atoms with van der Waals surface area (Å²) in [6.45, 7) is 0. The van der Waals surface area contributed by atoms with Gasteiger partial charge in [0.25, 0.3) is 10.1 Å². The number of nitrogens with one attached hydrogen (secondary N) is 1. The van der Waals surface area contributed by atoms with E-state index in [4.69, 9.17) is 16.8 Å². The number of hydrogen-bond donors (Lipinski definition) is 2. The zero-order chi connectivity index (χ0) is 11.1. The van der Waals surface area contributed by atoms with Crippen molar-refractivity contribution >= 4 is 33.2 Å². The molecule has 2 rings (SSSR count). The first kappa shape index (κ1) is 10.3. The molecule has 0 aliphatic heterocycles. The van der Waals surface area contributed by atoms with Crippen molar-refractivity contribution in [2.45, 2.75) is 4.90 Å². The molecule has 1 aromatic heterocycles. The third kappa shape index (κ3) is 1.92. The molecule has 78 valence electrons. The Morgan fingerprint density at radius 1 is 1.20 bits per heavy atom. The lowest BCUT2D eigenvalue weighted by Gasteiger charge is -2.02. The number of aromatic amines is 1. The van der Waals surface area contributed by atoms with Gasteiger partial charge in [-0.3, -0.25) is 4.55 Å². The van der Waals surface area contributed by atoms with E-state index in [0.717, 1.165) is 0 Å². The second kappa shape index (κ2) is 3.41. The minimum Gasteiger partial charge on any atom is -0.346 e. The Labute approximate surface area is 91.3 Å². The van der Waals surface area contributed by atoms with Crippen molar-refractivity contribution in [1.29, 1.82) is 0 Å². The zero-order valence-electron chi connectivity index (χ0n) is 7.47. The number of hydrogen-bond acceptors (Lipinski definition) is 3. The molecule has 2 aromatic rings. The van der Waals surface area contributed by atoms with Crippen LogP contribution >= 0.6 is 12.2 Å². The van der Waals surface area contributed by atoms with Gasteiger partial charge in [0.1, 0.15) is 9.54 Å². The monoisotopic (exact) mass is 241 g/mol. The van der Waals surface area contributed by atoms with Crippen LogP contribution in [0.3, 0.4) is 0 Å². The molecule has 0 spiro atoms. The van der Waals surface area contributed by atoms with E-state index in [0.29, 0.717) is 15.5 Å². The molecular weight excluding hydrogens is 234 g/mol. The van der Waals surface area contributed by atoms with Crippen LogP contribution in [0, 0.1) is 4.64 Å². The number of benzene rings is 1. The van der Waals surface area contributed by atoms with Crippen molar-refractivity contribution in [1.82, 2.24) is 4.98 Å². The van der Waals surface area contributed by atoms with Gasteiger partial charge < -0.3 is 4.98 Å². The molecule has 0 aliphatic rings. The third-order valence-electron chi connectivity index (χ3n) is 2.00. The maximum atomic E-state index is 11.0. The fourth-order valence-corrected chi connectivity index (χ4v) is 2.27. The predicted octanol–water partition coefficient (Wildman–Crippen LogP) is 2.14. The quantitative estimate of drug-likeness (QED) is 0.593. The van der Waals surface area contributed by atoms with E-state index in [1.165, 1.54) is 12.1 Å². The topological polar surface area (TPSA) is 70.2 Å². The molecule has 4 nitrogen and oxygen atoms in total. The molecule has 1 aromatic carbocycles. The van der Waals surface area contributed by atoms with Crippen LogP contribution in [-0.2, 0) is 10.1 Å². The maximum absolute atomic E-state index is 11.0. The molecule has 0 saturated heterocycles. The van der Waals surface area contributed by atoms with Crippen molar-refractivity contribution < 1.29 is 13.0 Å². The molecule has 1 heterocycles. The van der Waals surface area contributed by atoms with E-state index in [1.54, 1.807) is 18.2 Å². The van der Waals surface area contributed by atoms with Crippen molar-refractivity contribution in [3.05, 3.63) is 35.0 Å². The Balaban J connectivity index is 2.95. The van der Waals surface area contributed by atoms with Crippen LogP contribution < -0.4 is 0 Å². The molecule has 0 amide bonds. The van der Waals surface area contributed by atoms with Gasteiger partial charge in [-0.25, -0.2) is 0 Å². The summed E-state index contributed by atoms with van der Waals surface area (Å²) in [6.07, 6.45) is 0. The molecule has 15 heavy (non-hydrogen) atoms. The van der Waals surface area contributed by atoms with Gasteiger partial charge in [0.15, 0.2) is 0 Å². The molecule has 0 bridgehead atoms. The highest BCUT2D eigenvalue weighted by molar-refractivity contribution is 7.86. The molecule has 0 atom stereocenters. The SMILES string of the molecule is O=S(=O)(O)c1cccc2[nH]c(=S)ccc12. The predicted molar refractivity (Wildman–Crippen MR) is 58.9 cm³/mol. The van der Waals surface area contributed by atoms with Crippen LogP contribution in [0.15, 0.2) is 35.2 Å². The first-order valence-corrected chi connectivity index (χ1v) is 5.93. The fourth-order valence-electron chi connectivity index (χ4n) is 1.38. The van der Waals surface area contributed by atoms with Crippen LogP contribution in [0.1, 0.15) is 0 Å². The van der Waals surface area contributed by atoms with Crippen molar-refractivity contribution in [2.75, 3.05) is 0 Å². The summed E-state index contributed by atoms with van der Waals surface area (Å²) in [5.74, 6) is 0. The minimum absolute atomic E-state index is 0.119. The Bertz CT molecular complexity index is 673. The maximum Gasteiger partial charge on any atom is 0.295 e. The number of fused-ring (bicyclic) bond motifs is 1. The molecule has 6 heteroatoms. The summed E-state index contributed by atoms with van der Waals surface area (Å²) in [7, 11) is -4.20. The minimum atomic E-state index is -4.20. The fraction of sp³-hybridized carbons (Fsp3) is 0. The highest BCUT2D eigenvalue weighted by Crippen LogP contribution is 2.20. The van der Waals surface area contributed by atoms with Gasteiger partial charge in [0, 0.05) is 10.9 Å². The van der Waals surface area contributed by atoms with Gasteiger partial charge in [-0.05, 0) is 24.3 Å². The van der Waals surface area contributed by atoms with Gasteiger partial charge in [-0.2, -0.15) is 8.42 Å². The molecule has 0 saturated carbocycles. The molecule has 0 aliphatic carbocycles. The standard InChI is InChI=1S/C9H7NO3S2/c11-15(12,13)8-3-1-2-7-6(8)4-5-9(14)10-7/h1-5H,(H,10,14)(H,11,12,13). The number of pyridine rings is 1. The van der Waals surface area contributed by atoms with Crippen LogP contribution in [-0.4, -0.2) is 18.0 Å². The number of rotatable bonds is 1. The van der Waals surface area contributed by atoms with Crippen LogP contribution in [0.5, 0.6) is 0 Å². The summed E-state index contributed by atoms with van der Waals surface area (Å²) in [5, 5.41) is 0.425. The highest BCUT2D eigenvalue weighted by Gasteiger charge is 2.12. The first-order valence-electron chi connectivity index (χ1n) is 4.08. The molecular formula is C9H7NO3S2. The summed E-state index contributed by atoms with van der Waals surface area (Å²) in [5.41, 5.74) is 0.581. The van der Waals surface area contributed by atoms with Crippen LogP contribution in [0.25, 0.3) is 10.9 Å². The van der Waals surface area contributed by atoms with E-state index in [-0.39, 0.29) is 4.90 Å². The molecule has 2 N–H and O–H groups in total. The van der Waals surface area contributed by atoms with E-state index < -0.39 is 10.1 Å². The summed E-state index contributed by atoms with van der Waals surface area (Å²) in [4.78, 5) is 2.72. The highest BCUT2D eigenvalue weighted by atomic mass is 32.2. The lowest BCUT2D eigenvalue weighted by Crippen LogP contribution is -1.99. The van der Waals surface area contributed by atoms with Crippen molar-refractivity contribution in [3.63, 3.8) is 0 Å². The zero-order valence-corrected chi connectivity index (χ0v) is 9.10. The van der Waals surface area contributed by atoms with Gasteiger partial charge in [0.05, 0.1) is 0 Å². The number of H-pyrrole nitrogens is 1. The smallest absolute Gasteiger partial charge is 0.295 e. The lowest BCUT2D eigenvalue weighted by atomic mass is 10.2. The molecule has 0 fully saturated rings. The average Bonchev–Trinajstić information content (AvgIpc) is 2.15. The summed E-state index contributed by atoms with van der Waals surface area (Å²) in [6, 6.07) is 7.72. The van der Waals surface area contributed by atoms with Gasteiger partial charge >= 0.3 is 0 Å². The Morgan fingerprint density at radius 2 is 1.93 bits per heavy atom. The summed E-state index contributed by atoms with van der Waals surface area (Å²) < 4.78 is 31.6. The van der Waals surface area contributed by atoms with E-state index in [1.807, 2.05) is 0 Å². The summed E-state index contributed by atoms with van der Waals surface area (Å²) >= 11 is 4.91.